The van der Waals surface area contributed by atoms with Gasteiger partial charge in [0, 0.05) is 23.6 Å². The first kappa shape index (κ1) is 13.8. The number of fused-ring (bicyclic) bond motifs is 1. The lowest BCUT2D eigenvalue weighted by Gasteiger charge is -2.10. The van der Waals surface area contributed by atoms with Crippen LogP contribution in [0.5, 0.6) is 0 Å². The molecular formula is C15H12FN3OS. The summed E-state index contributed by atoms with van der Waals surface area (Å²) in [5.41, 5.74) is 1.20. The van der Waals surface area contributed by atoms with Gasteiger partial charge in [0.25, 0.3) is 5.56 Å². The third-order valence-electron chi connectivity index (χ3n) is 3.17. The van der Waals surface area contributed by atoms with E-state index in [2.05, 4.69) is 9.97 Å². The molecule has 4 nitrogen and oxygen atoms in total. The molecule has 1 aromatic carbocycles. The van der Waals surface area contributed by atoms with E-state index in [1.165, 1.54) is 28.7 Å². The number of hydrogen-bond donors (Lipinski definition) is 0. The maximum absolute atomic E-state index is 13.3. The predicted molar refractivity (Wildman–Crippen MR) is 81.7 cm³/mol. The third kappa shape index (κ3) is 2.42. The molecule has 0 bridgehead atoms. The Labute approximate surface area is 124 Å². The number of para-hydroxylation sites is 1. The third-order valence-corrected chi connectivity index (χ3v) is 3.73. The van der Waals surface area contributed by atoms with Crippen molar-refractivity contribution in [2.24, 2.45) is 0 Å². The summed E-state index contributed by atoms with van der Waals surface area (Å²) in [7, 11) is 0. The van der Waals surface area contributed by atoms with Gasteiger partial charge in [-0.3, -0.25) is 9.36 Å². The van der Waals surface area contributed by atoms with E-state index in [4.69, 9.17) is 0 Å². The van der Waals surface area contributed by atoms with Gasteiger partial charge < -0.3 is 0 Å². The molecule has 0 atom stereocenters. The molecule has 0 aliphatic carbocycles. The van der Waals surface area contributed by atoms with Crippen molar-refractivity contribution in [2.75, 3.05) is 6.26 Å². The van der Waals surface area contributed by atoms with Gasteiger partial charge in [0.05, 0.1) is 10.9 Å². The van der Waals surface area contributed by atoms with E-state index < -0.39 is 6.67 Å². The number of benzene rings is 1. The minimum atomic E-state index is -0.686. The summed E-state index contributed by atoms with van der Waals surface area (Å²) < 4.78 is 14.8. The number of alkyl halides is 1. The second-order valence-corrected chi connectivity index (χ2v) is 5.19. The number of nitrogens with zero attached hydrogens (tertiary/aromatic N) is 3. The number of aromatic nitrogens is 3. The van der Waals surface area contributed by atoms with E-state index in [0.29, 0.717) is 27.3 Å². The average Bonchev–Trinajstić information content (AvgIpc) is 2.55. The van der Waals surface area contributed by atoms with Crippen LogP contribution in [0.25, 0.3) is 16.6 Å². The van der Waals surface area contributed by atoms with Crippen LogP contribution in [0.1, 0.15) is 5.56 Å². The van der Waals surface area contributed by atoms with Gasteiger partial charge in [0.1, 0.15) is 6.67 Å². The van der Waals surface area contributed by atoms with Crippen molar-refractivity contribution in [1.29, 1.82) is 0 Å². The Bertz CT molecular complexity index is 849. The van der Waals surface area contributed by atoms with Gasteiger partial charge >= 0.3 is 0 Å². The van der Waals surface area contributed by atoms with Crippen molar-refractivity contribution in [2.45, 2.75) is 11.8 Å². The van der Waals surface area contributed by atoms with Crippen LogP contribution < -0.4 is 5.56 Å². The van der Waals surface area contributed by atoms with E-state index >= 15 is 0 Å². The molecule has 0 spiro atoms. The molecule has 2 aromatic heterocycles. The summed E-state index contributed by atoms with van der Waals surface area (Å²) in [4.78, 5) is 20.9. The second kappa shape index (κ2) is 5.65. The number of halogens is 1. The molecule has 3 aromatic rings. The van der Waals surface area contributed by atoms with Crippen molar-refractivity contribution in [1.82, 2.24) is 14.5 Å². The molecule has 3 rings (SSSR count). The van der Waals surface area contributed by atoms with E-state index in [9.17, 15) is 9.18 Å². The van der Waals surface area contributed by atoms with Crippen LogP contribution in [-0.4, -0.2) is 20.8 Å². The molecule has 0 fully saturated rings. The van der Waals surface area contributed by atoms with Crippen LogP contribution in [0.2, 0.25) is 0 Å². The summed E-state index contributed by atoms with van der Waals surface area (Å²) in [5.74, 6) is 0. The lowest BCUT2D eigenvalue weighted by molar-refractivity contribution is 0.485. The minimum absolute atomic E-state index is 0.249. The zero-order valence-electron chi connectivity index (χ0n) is 11.3. The maximum atomic E-state index is 13.3. The molecule has 0 saturated carbocycles. The van der Waals surface area contributed by atoms with Gasteiger partial charge in [-0.25, -0.2) is 14.4 Å². The number of rotatable bonds is 3. The highest BCUT2D eigenvalue weighted by Crippen LogP contribution is 2.19. The minimum Gasteiger partial charge on any atom is -0.283 e. The van der Waals surface area contributed by atoms with Crippen molar-refractivity contribution in [3.8, 4) is 5.69 Å². The Kier molecular flexibility index (Phi) is 3.70. The topological polar surface area (TPSA) is 47.8 Å². The van der Waals surface area contributed by atoms with Gasteiger partial charge in [-0.2, -0.15) is 0 Å². The number of hydrogen-bond acceptors (Lipinski definition) is 4. The molecule has 106 valence electrons. The molecule has 0 aliphatic heterocycles. The quantitative estimate of drug-likeness (QED) is 0.551. The summed E-state index contributed by atoms with van der Waals surface area (Å²) in [5, 5.41) is 0.848. The van der Waals surface area contributed by atoms with Crippen molar-refractivity contribution in [3.05, 3.63) is 58.6 Å². The van der Waals surface area contributed by atoms with E-state index in [-0.39, 0.29) is 5.56 Å². The largest absolute Gasteiger partial charge is 0.283 e. The van der Waals surface area contributed by atoms with Crippen molar-refractivity contribution < 1.29 is 4.39 Å². The maximum Gasteiger partial charge on any atom is 0.266 e. The number of thioether (sulfide) groups is 1. The molecule has 0 unspecified atom stereocenters. The second-order valence-electron chi connectivity index (χ2n) is 4.42. The molecular weight excluding hydrogens is 289 g/mol. The number of pyridine rings is 1. The lowest BCUT2D eigenvalue weighted by Crippen LogP contribution is -2.19. The SMILES string of the molecule is CSc1ncc2c(=O)n(-c3ccccc3)cc(CF)c2n1. The fraction of sp³-hybridized carbons (Fsp3) is 0.133. The standard InChI is InChI=1S/C15H12FN3OS/c1-21-15-17-8-12-13(18-15)10(7-16)9-19(14(12)20)11-5-3-2-4-6-11/h2-6,8-9H,7H2,1H3. The fourth-order valence-electron chi connectivity index (χ4n) is 2.15. The Morgan fingerprint density at radius 2 is 2.05 bits per heavy atom. The fourth-order valence-corrected chi connectivity index (χ4v) is 2.49. The molecule has 6 heteroatoms. The van der Waals surface area contributed by atoms with Gasteiger partial charge in [-0.05, 0) is 18.4 Å². The lowest BCUT2D eigenvalue weighted by atomic mass is 10.2. The Morgan fingerprint density at radius 1 is 1.29 bits per heavy atom. The van der Waals surface area contributed by atoms with Gasteiger partial charge in [-0.1, -0.05) is 30.0 Å². The van der Waals surface area contributed by atoms with Crippen LogP contribution in [0.15, 0.2) is 52.7 Å². The first-order valence-corrected chi connectivity index (χ1v) is 7.53. The Hall–Kier alpha value is -2.21. The van der Waals surface area contributed by atoms with Crippen LogP contribution >= 0.6 is 11.8 Å². The average molecular weight is 301 g/mol. The summed E-state index contributed by atoms with van der Waals surface area (Å²) in [6, 6.07) is 9.11. The van der Waals surface area contributed by atoms with Crippen LogP contribution in [-0.2, 0) is 6.67 Å². The molecule has 0 aliphatic rings. The highest BCUT2D eigenvalue weighted by atomic mass is 32.2. The van der Waals surface area contributed by atoms with E-state index in [1.807, 2.05) is 24.5 Å². The zero-order valence-corrected chi connectivity index (χ0v) is 12.1. The van der Waals surface area contributed by atoms with Crippen LogP contribution in [0.3, 0.4) is 0 Å². The van der Waals surface area contributed by atoms with Crippen molar-refractivity contribution >= 4 is 22.7 Å². The van der Waals surface area contributed by atoms with E-state index in [0.717, 1.165) is 0 Å². The highest BCUT2D eigenvalue weighted by molar-refractivity contribution is 7.98. The molecule has 2 heterocycles. The molecule has 21 heavy (non-hydrogen) atoms. The first-order chi connectivity index (χ1) is 10.2. The normalized spacial score (nSPS) is 11.0. The first-order valence-electron chi connectivity index (χ1n) is 6.31. The molecule has 0 radical (unpaired) electrons. The Morgan fingerprint density at radius 3 is 2.71 bits per heavy atom. The van der Waals surface area contributed by atoms with Crippen molar-refractivity contribution in [3.63, 3.8) is 0 Å². The predicted octanol–water partition coefficient (Wildman–Crippen LogP) is 2.97. The smallest absolute Gasteiger partial charge is 0.266 e. The van der Waals surface area contributed by atoms with E-state index in [1.54, 1.807) is 12.1 Å². The molecule has 0 N–H and O–H groups in total. The van der Waals surface area contributed by atoms with Gasteiger partial charge in [0.2, 0.25) is 0 Å². The van der Waals surface area contributed by atoms with Crippen LogP contribution in [0.4, 0.5) is 4.39 Å². The van der Waals surface area contributed by atoms with Crippen LogP contribution in [0, 0.1) is 0 Å². The molecule has 0 amide bonds. The highest BCUT2D eigenvalue weighted by Gasteiger charge is 2.12. The monoisotopic (exact) mass is 301 g/mol. The van der Waals surface area contributed by atoms with Gasteiger partial charge in [-0.15, -0.1) is 0 Å². The summed E-state index contributed by atoms with van der Waals surface area (Å²) in [6.07, 6.45) is 4.81. The van der Waals surface area contributed by atoms with Gasteiger partial charge in [0.15, 0.2) is 5.16 Å². The summed E-state index contributed by atoms with van der Waals surface area (Å²) in [6.45, 7) is -0.686. The summed E-state index contributed by atoms with van der Waals surface area (Å²) >= 11 is 1.36. The zero-order chi connectivity index (χ0) is 14.8. The molecule has 0 saturated heterocycles. The Balaban J connectivity index is 2.35.